The van der Waals surface area contributed by atoms with Crippen LogP contribution in [0.1, 0.15) is 46.5 Å². The fraction of sp³-hybridized carbons (Fsp3) is 0.333. The monoisotopic (exact) mass is 335 g/mol. The van der Waals surface area contributed by atoms with Gasteiger partial charge in [-0.25, -0.2) is 4.79 Å². The van der Waals surface area contributed by atoms with Gasteiger partial charge in [-0.05, 0) is 50.0 Å². The van der Waals surface area contributed by atoms with Crippen molar-refractivity contribution in [2.45, 2.75) is 33.3 Å². The number of hydrogen-bond acceptors (Lipinski definition) is 6. The van der Waals surface area contributed by atoms with Crippen LogP contribution >= 0.6 is 11.5 Å². The van der Waals surface area contributed by atoms with Gasteiger partial charge in [-0.2, -0.15) is 0 Å². The molecule has 2 rings (SSSR count). The molecular weight excluding hydrogens is 318 g/mol. The number of carboxylic acid groups (broad SMARTS) is 1. The second-order valence-corrected chi connectivity index (χ2v) is 5.79. The number of amides is 1. The Kier molecular flexibility index (Phi) is 5.28. The molecule has 1 amide bonds. The molecule has 0 fully saturated rings. The van der Waals surface area contributed by atoms with E-state index in [0.717, 1.165) is 11.5 Å². The number of nitrogens with zero attached hydrogens (tertiary/aromatic N) is 2. The van der Waals surface area contributed by atoms with Crippen molar-refractivity contribution in [1.29, 1.82) is 0 Å². The number of carbonyl (C=O) groups is 2. The number of aromatic nitrogens is 2. The van der Waals surface area contributed by atoms with Crippen LogP contribution in [-0.4, -0.2) is 32.7 Å². The van der Waals surface area contributed by atoms with Gasteiger partial charge in [0.05, 0.1) is 23.0 Å². The van der Waals surface area contributed by atoms with E-state index in [1.807, 2.05) is 20.8 Å². The minimum Gasteiger partial charge on any atom is -0.489 e. The van der Waals surface area contributed by atoms with Crippen LogP contribution < -0.4 is 10.1 Å². The molecule has 2 N–H and O–H groups in total. The molecule has 0 bridgehead atoms. The van der Waals surface area contributed by atoms with Gasteiger partial charge >= 0.3 is 5.97 Å². The lowest BCUT2D eigenvalue weighted by Gasteiger charge is -2.15. The maximum absolute atomic E-state index is 12.4. The van der Waals surface area contributed by atoms with E-state index in [-0.39, 0.29) is 17.6 Å². The molecule has 1 aromatic heterocycles. The second-order valence-electron chi connectivity index (χ2n) is 5.04. The Morgan fingerprint density at radius 2 is 2.13 bits per heavy atom. The largest absolute Gasteiger partial charge is 0.489 e. The van der Waals surface area contributed by atoms with Crippen LogP contribution in [0.5, 0.6) is 5.75 Å². The second kappa shape index (κ2) is 7.19. The Balaban J connectivity index is 2.34. The van der Waals surface area contributed by atoms with Gasteiger partial charge in [0.15, 0.2) is 0 Å². The normalized spacial score (nSPS) is 10.6. The summed E-state index contributed by atoms with van der Waals surface area (Å²) in [7, 11) is 0. The highest BCUT2D eigenvalue weighted by Gasteiger charge is 2.18. The van der Waals surface area contributed by atoms with Gasteiger partial charge in [0.25, 0.3) is 5.91 Å². The topological polar surface area (TPSA) is 101 Å². The zero-order chi connectivity index (χ0) is 17.0. The van der Waals surface area contributed by atoms with Crippen molar-refractivity contribution >= 4 is 29.1 Å². The summed E-state index contributed by atoms with van der Waals surface area (Å²) in [6.07, 6.45) is 0.474. The molecule has 2 aromatic rings. The molecule has 1 aromatic carbocycles. The number of carbonyl (C=O) groups excluding carboxylic acids is 1. The standard InChI is InChI=1S/C15H17N3O4S/c1-4-10-13(23-18-17-10)14(19)16-11-7-9(15(20)21)5-6-12(11)22-8(2)3/h5-8H,4H2,1-3H3,(H,16,19)(H,20,21). The van der Waals surface area contributed by atoms with E-state index in [9.17, 15) is 9.59 Å². The first-order valence-electron chi connectivity index (χ1n) is 7.09. The average molecular weight is 335 g/mol. The molecule has 0 saturated heterocycles. The fourth-order valence-electron chi connectivity index (χ4n) is 1.91. The van der Waals surface area contributed by atoms with Crippen LogP contribution in [0.4, 0.5) is 5.69 Å². The van der Waals surface area contributed by atoms with Crippen LogP contribution in [0, 0.1) is 0 Å². The Hall–Kier alpha value is -2.48. The number of nitrogens with one attached hydrogen (secondary N) is 1. The quantitative estimate of drug-likeness (QED) is 0.841. The lowest BCUT2D eigenvalue weighted by molar-refractivity contribution is 0.0696. The fourth-order valence-corrected chi connectivity index (χ4v) is 2.55. The molecule has 23 heavy (non-hydrogen) atoms. The predicted molar refractivity (Wildman–Crippen MR) is 86.4 cm³/mol. The van der Waals surface area contributed by atoms with Crippen LogP contribution in [0.3, 0.4) is 0 Å². The van der Waals surface area contributed by atoms with Gasteiger partial charge in [-0.3, -0.25) is 4.79 Å². The maximum atomic E-state index is 12.4. The number of carboxylic acids is 1. The molecule has 0 unspecified atom stereocenters. The maximum Gasteiger partial charge on any atom is 0.335 e. The molecule has 0 saturated carbocycles. The number of aryl methyl sites for hydroxylation is 1. The van der Waals surface area contributed by atoms with E-state index >= 15 is 0 Å². The molecule has 8 heteroatoms. The Morgan fingerprint density at radius 3 is 2.74 bits per heavy atom. The third-order valence-electron chi connectivity index (χ3n) is 2.93. The highest BCUT2D eigenvalue weighted by atomic mass is 32.1. The molecular formula is C15H17N3O4S. The van der Waals surface area contributed by atoms with Crippen molar-refractivity contribution in [3.63, 3.8) is 0 Å². The Labute approximate surface area is 137 Å². The van der Waals surface area contributed by atoms with Crippen LogP contribution in [-0.2, 0) is 6.42 Å². The van der Waals surface area contributed by atoms with Crippen molar-refractivity contribution in [2.75, 3.05) is 5.32 Å². The van der Waals surface area contributed by atoms with E-state index in [1.165, 1.54) is 18.2 Å². The highest BCUT2D eigenvalue weighted by molar-refractivity contribution is 7.08. The molecule has 1 heterocycles. The highest BCUT2D eigenvalue weighted by Crippen LogP contribution is 2.28. The van der Waals surface area contributed by atoms with Crippen LogP contribution in [0.15, 0.2) is 18.2 Å². The van der Waals surface area contributed by atoms with Gasteiger partial charge in [0.2, 0.25) is 0 Å². The van der Waals surface area contributed by atoms with Gasteiger partial charge in [-0.1, -0.05) is 11.4 Å². The van der Waals surface area contributed by atoms with Gasteiger partial charge in [0.1, 0.15) is 10.6 Å². The summed E-state index contributed by atoms with van der Waals surface area (Å²) in [5.74, 6) is -1.05. The first-order chi connectivity index (χ1) is 10.9. The zero-order valence-corrected chi connectivity index (χ0v) is 13.8. The number of rotatable bonds is 6. The van der Waals surface area contributed by atoms with E-state index in [2.05, 4.69) is 14.9 Å². The van der Waals surface area contributed by atoms with E-state index in [1.54, 1.807) is 0 Å². The minimum atomic E-state index is -1.08. The summed E-state index contributed by atoms with van der Waals surface area (Å²) in [4.78, 5) is 23.9. The number of aromatic carboxylic acids is 1. The van der Waals surface area contributed by atoms with Gasteiger partial charge in [-0.15, -0.1) is 5.10 Å². The van der Waals surface area contributed by atoms with Crippen molar-refractivity contribution in [3.05, 3.63) is 34.3 Å². The van der Waals surface area contributed by atoms with Gasteiger partial charge < -0.3 is 15.2 Å². The summed E-state index contributed by atoms with van der Waals surface area (Å²) >= 11 is 1.00. The average Bonchev–Trinajstić information content (AvgIpc) is 2.96. The summed E-state index contributed by atoms with van der Waals surface area (Å²) in [6.45, 7) is 5.57. The van der Waals surface area contributed by atoms with Crippen LogP contribution in [0.25, 0.3) is 0 Å². The number of anilines is 1. The van der Waals surface area contributed by atoms with E-state index in [4.69, 9.17) is 9.84 Å². The summed E-state index contributed by atoms with van der Waals surface area (Å²) in [5, 5.41) is 15.7. The van der Waals surface area contributed by atoms with Crippen molar-refractivity contribution in [2.24, 2.45) is 0 Å². The number of ether oxygens (including phenoxy) is 1. The first-order valence-corrected chi connectivity index (χ1v) is 7.86. The summed E-state index contributed by atoms with van der Waals surface area (Å²) < 4.78 is 9.40. The first kappa shape index (κ1) is 16.9. The van der Waals surface area contributed by atoms with Crippen molar-refractivity contribution < 1.29 is 19.4 Å². The third kappa shape index (κ3) is 4.04. The molecule has 0 spiro atoms. The van der Waals surface area contributed by atoms with E-state index in [0.29, 0.717) is 28.4 Å². The summed E-state index contributed by atoms with van der Waals surface area (Å²) in [5.41, 5.74) is 0.974. The lowest BCUT2D eigenvalue weighted by Crippen LogP contribution is -2.15. The molecule has 122 valence electrons. The van der Waals surface area contributed by atoms with E-state index < -0.39 is 5.97 Å². The molecule has 0 aliphatic carbocycles. The SMILES string of the molecule is CCc1nnsc1C(=O)Nc1cc(C(=O)O)ccc1OC(C)C. The zero-order valence-electron chi connectivity index (χ0n) is 13.0. The molecule has 7 nitrogen and oxygen atoms in total. The van der Waals surface area contributed by atoms with Crippen molar-refractivity contribution in [1.82, 2.24) is 9.59 Å². The molecule has 0 atom stereocenters. The summed E-state index contributed by atoms with van der Waals surface area (Å²) in [6, 6.07) is 4.34. The number of benzene rings is 1. The smallest absolute Gasteiger partial charge is 0.335 e. The number of hydrogen-bond donors (Lipinski definition) is 2. The predicted octanol–water partition coefficient (Wildman–Crippen LogP) is 2.84. The van der Waals surface area contributed by atoms with Crippen molar-refractivity contribution in [3.8, 4) is 5.75 Å². The minimum absolute atomic E-state index is 0.0644. The van der Waals surface area contributed by atoms with Crippen LogP contribution in [0.2, 0.25) is 0 Å². The third-order valence-corrected chi connectivity index (χ3v) is 3.70. The molecule has 0 aliphatic rings. The molecule has 0 aliphatic heterocycles. The molecule has 0 radical (unpaired) electrons. The van der Waals surface area contributed by atoms with Gasteiger partial charge in [0, 0.05) is 0 Å². The lowest BCUT2D eigenvalue weighted by atomic mass is 10.1. The Morgan fingerprint density at radius 1 is 1.39 bits per heavy atom. The Bertz CT molecular complexity index is 727.